The van der Waals surface area contributed by atoms with Crippen LogP contribution in [0.25, 0.3) is 0 Å². The van der Waals surface area contributed by atoms with E-state index < -0.39 is 11.9 Å². The number of esters is 1. The summed E-state index contributed by atoms with van der Waals surface area (Å²) in [4.78, 5) is 28.1. The Kier molecular flexibility index (Phi) is 12.7. The highest BCUT2D eigenvalue weighted by molar-refractivity contribution is 5.95. The van der Waals surface area contributed by atoms with Crippen molar-refractivity contribution < 1.29 is 28.9 Å². The molecule has 172 valence electrons. The number of unbranched alkanes of at least 4 members (excludes halogenated alkanes) is 4. The van der Waals surface area contributed by atoms with Gasteiger partial charge in [-0.15, -0.1) is 0 Å². The van der Waals surface area contributed by atoms with Crippen LogP contribution >= 0.6 is 0 Å². The molecule has 2 aliphatic heterocycles. The zero-order valence-corrected chi connectivity index (χ0v) is 18.2. The summed E-state index contributed by atoms with van der Waals surface area (Å²) < 4.78 is 16.0. The van der Waals surface area contributed by atoms with E-state index in [4.69, 9.17) is 19.3 Å². The number of hydrogen-bond donors (Lipinski definition) is 1. The third-order valence-corrected chi connectivity index (χ3v) is 5.54. The molecule has 8 nitrogen and oxygen atoms in total. The second-order valence-corrected chi connectivity index (χ2v) is 7.92. The third-order valence-electron chi connectivity index (χ3n) is 5.54. The summed E-state index contributed by atoms with van der Waals surface area (Å²) in [6, 6.07) is 0. The number of carboxylic acid groups (broad SMARTS) is 1. The van der Waals surface area contributed by atoms with Gasteiger partial charge in [0.2, 0.25) is 0 Å². The number of rotatable bonds is 14. The van der Waals surface area contributed by atoms with Crippen molar-refractivity contribution in [3.05, 3.63) is 11.6 Å². The van der Waals surface area contributed by atoms with Crippen molar-refractivity contribution in [1.29, 1.82) is 0 Å². The van der Waals surface area contributed by atoms with Gasteiger partial charge < -0.3 is 19.3 Å². The van der Waals surface area contributed by atoms with E-state index in [0.29, 0.717) is 13.0 Å². The maximum absolute atomic E-state index is 12.3. The molecule has 0 amide bonds. The summed E-state index contributed by atoms with van der Waals surface area (Å²) in [6.45, 7) is 9.51. The van der Waals surface area contributed by atoms with Gasteiger partial charge in [0.15, 0.2) is 0 Å². The number of hydrogen-bond acceptors (Lipinski definition) is 7. The summed E-state index contributed by atoms with van der Waals surface area (Å²) in [6.07, 6.45) is 7.17. The monoisotopic (exact) mass is 426 g/mol. The van der Waals surface area contributed by atoms with Crippen LogP contribution in [0.4, 0.5) is 0 Å². The van der Waals surface area contributed by atoms with Crippen LogP contribution in [-0.2, 0) is 23.8 Å². The van der Waals surface area contributed by atoms with E-state index in [2.05, 4.69) is 9.80 Å². The lowest BCUT2D eigenvalue weighted by Crippen LogP contribution is -2.36. The standard InChI is InChI=1S/C22H38N2O6/c25-21(26)19-20(7-3-1-2-4-8-23-10-15-28-16-11-23)22(27)30-14-6-5-9-24-12-17-29-18-13-24/h19H,1-18H2,(H,25,26)/b20-19+. The molecule has 0 aromatic heterocycles. The number of aliphatic carboxylic acids is 1. The highest BCUT2D eigenvalue weighted by Gasteiger charge is 2.14. The van der Waals surface area contributed by atoms with E-state index in [9.17, 15) is 9.59 Å². The Hall–Kier alpha value is -1.48. The van der Waals surface area contributed by atoms with Gasteiger partial charge in [0.05, 0.1) is 33.0 Å². The minimum atomic E-state index is -1.10. The van der Waals surface area contributed by atoms with Gasteiger partial charge in [0.25, 0.3) is 0 Å². The molecule has 0 radical (unpaired) electrons. The first-order valence-corrected chi connectivity index (χ1v) is 11.4. The van der Waals surface area contributed by atoms with E-state index in [1.807, 2.05) is 0 Å². The fourth-order valence-electron chi connectivity index (χ4n) is 3.73. The molecule has 30 heavy (non-hydrogen) atoms. The summed E-state index contributed by atoms with van der Waals surface area (Å²) >= 11 is 0. The van der Waals surface area contributed by atoms with E-state index in [1.54, 1.807) is 0 Å². The van der Waals surface area contributed by atoms with Crippen LogP contribution < -0.4 is 0 Å². The van der Waals surface area contributed by atoms with Crippen molar-refractivity contribution >= 4 is 11.9 Å². The fourth-order valence-corrected chi connectivity index (χ4v) is 3.73. The predicted octanol–water partition coefficient (Wildman–Crippen LogP) is 1.94. The topological polar surface area (TPSA) is 88.5 Å². The van der Waals surface area contributed by atoms with Gasteiger partial charge in [-0.2, -0.15) is 0 Å². The van der Waals surface area contributed by atoms with Crippen molar-refractivity contribution in [3.63, 3.8) is 0 Å². The largest absolute Gasteiger partial charge is 0.478 e. The summed E-state index contributed by atoms with van der Waals surface area (Å²) in [5.41, 5.74) is 0.267. The van der Waals surface area contributed by atoms with Crippen LogP contribution in [0, 0.1) is 0 Å². The first kappa shape index (κ1) is 24.8. The predicted molar refractivity (Wildman–Crippen MR) is 114 cm³/mol. The Labute approximate surface area is 180 Å². The van der Waals surface area contributed by atoms with E-state index in [0.717, 1.165) is 110 Å². The van der Waals surface area contributed by atoms with Crippen LogP contribution in [0.3, 0.4) is 0 Å². The molecule has 2 aliphatic rings. The molecule has 0 atom stereocenters. The average Bonchev–Trinajstić information content (AvgIpc) is 2.76. The molecule has 0 saturated carbocycles. The summed E-state index contributed by atoms with van der Waals surface area (Å²) in [5, 5.41) is 9.06. The normalized spacial score (nSPS) is 19.0. The number of nitrogens with zero attached hydrogens (tertiary/aromatic N) is 2. The molecule has 8 heteroatoms. The van der Waals surface area contributed by atoms with Crippen molar-refractivity contribution in [2.45, 2.75) is 44.9 Å². The molecule has 0 bridgehead atoms. The maximum Gasteiger partial charge on any atom is 0.334 e. The van der Waals surface area contributed by atoms with Crippen molar-refractivity contribution in [3.8, 4) is 0 Å². The van der Waals surface area contributed by atoms with Gasteiger partial charge in [0, 0.05) is 37.8 Å². The van der Waals surface area contributed by atoms with Crippen molar-refractivity contribution in [1.82, 2.24) is 9.80 Å². The Bertz CT molecular complexity index is 528. The number of ether oxygens (including phenoxy) is 3. The Morgan fingerprint density at radius 3 is 1.90 bits per heavy atom. The first-order chi connectivity index (χ1) is 14.6. The van der Waals surface area contributed by atoms with E-state index in [-0.39, 0.29) is 5.57 Å². The van der Waals surface area contributed by atoms with Crippen LogP contribution in [0.5, 0.6) is 0 Å². The first-order valence-electron chi connectivity index (χ1n) is 11.4. The molecular weight excluding hydrogens is 388 g/mol. The van der Waals surface area contributed by atoms with Gasteiger partial charge in [-0.1, -0.05) is 12.8 Å². The van der Waals surface area contributed by atoms with E-state index in [1.165, 1.54) is 0 Å². The average molecular weight is 427 g/mol. The van der Waals surface area contributed by atoms with Crippen LogP contribution in [0.1, 0.15) is 44.9 Å². The lowest BCUT2D eigenvalue weighted by molar-refractivity contribution is -0.140. The van der Waals surface area contributed by atoms with E-state index >= 15 is 0 Å². The van der Waals surface area contributed by atoms with Crippen molar-refractivity contribution in [2.75, 3.05) is 72.3 Å². The SMILES string of the molecule is O=C(O)/C=C(\CCCCCCN1CCOCC1)C(=O)OCCCCN1CCOCC1. The van der Waals surface area contributed by atoms with Crippen LogP contribution in [0.2, 0.25) is 0 Å². The quantitative estimate of drug-likeness (QED) is 0.256. The van der Waals surface area contributed by atoms with Crippen molar-refractivity contribution in [2.24, 2.45) is 0 Å². The number of carbonyl (C=O) groups excluding carboxylic acids is 1. The Balaban J connectivity index is 1.55. The molecule has 2 saturated heterocycles. The highest BCUT2D eigenvalue weighted by Crippen LogP contribution is 2.13. The fraction of sp³-hybridized carbons (Fsp3) is 0.818. The minimum Gasteiger partial charge on any atom is -0.478 e. The molecule has 2 heterocycles. The van der Waals surface area contributed by atoms with Gasteiger partial charge >= 0.3 is 11.9 Å². The molecule has 2 rings (SSSR count). The summed E-state index contributed by atoms with van der Waals surface area (Å²) in [7, 11) is 0. The van der Waals surface area contributed by atoms with Gasteiger partial charge in [-0.3, -0.25) is 9.80 Å². The van der Waals surface area contributed by atoms with Gasteiger partial charge in [-0.25, -0.2) is 9.59 Å². The second kappa shape index (κ2) is 15.3. The smallest absolute Gasteiger partial charge is 0.334 e. The maximum atomic E-state index is 12.3. The second-order valence-electron chi connectivity index (χ2n) is 7.92. The third kappa shape index (κ3) is 11.1. The molecule has 0 aromatic carbocycles. The molecule has 0 spiro atoms. The summed E-state index contributed by atoms with van der Waals surface area (Å²) in [5.74, 6) is -1.58. The molecule has 0 aliphatic carbocycles. The Morgan fingerprint density at radius 2 is 1.33 bits per heavy atom. The van der Waals surface area contributed by atoms with Gasteiger partial charge in [0.1, 0.15) is 0 Å². The lowest BCUT2D eigenvalue weighted by Gasteiger charge is -2.26. The molecular formula is C22H38N2O6. The van der Waals surface area contributed by atoms with Gasteiger partial charge in [-0.05, 0) is 45.2 Å². The van der Waals surface area contributed by atoms with Crippen LogP contribution in [0.15, 0.2) is 11.6 Å². The number of carboxylic acids is 1. The number of morpholine rings is 2. The lowest BCUT2D eigenvalue weighted by atomic mass is 10.1. The zero-order valence-electron chi connectivity index (χ0n) is 18.2. The molecule has 2 fully saturated rings. The zero-order chi connectivity index (χ0) is 21.4. The highest BCUT2D eigenvalue weighted by atomic mass is 16.5. The number of carbonyl (C=O) groups is 2. The minimum absolute atomic E-state index is 0.267. The molecule has 1 N–H and O–H groups in total. The molecule has 0 unspecified atom stereocenters. The van der Waals surface area contributed by atoms with Crippen LogP contribution in [-0.4, -0.2) is 99.1 Å². The molecule has 0 aromatic rings. The Morgan fingerprint density at radius 1 is 0.800 bits per heavy atom.